The Bertz CT molecular complexity index is 1180. The molecule has 4 rings (SSSR count). The summed E-state index contributed by atoms with van der Waals surface area (Å²) in [6.07, 6.45) is -2.67. The van der Waals surface area contributed by atoms with E-state index < -0.39 is 39.6 Å². The molecule has 1 heterocycles. The predicted octanol–water partition coefficient (Wildman–Crippen LogP) is 3.57. The maximum absolute atomic E-state index is 12.8. The first-order chi connectivity index (χ1) is 14.2. The van der Waals surface area contributed by atoms with Crippen molar-refractivity contribution >= 4 is 16.0 Å². The summed E-state index contributed by atoms with van der Waals surface area (Å²) in [6, 6.07) is 15.2. The van der Waals surface area contributed by atoms with Crippen LogP contribution in [-0.4, -0.2) is 30.2 Å². The van der Waals surface area contributed by atoms with E-state index in [4.69, 9.17) is 0 Å². The second kappa shape index (κ2) is 7.29. The van der Waals surface area contributed by atoms with Gasteiger partial charge in [0, 0.05) is 17.5 Å². The molecule has 1 fully saturated rings. The smallest absolute Gasteiger partial charge is 0.325 e. The molecule has 2 aromatic carbocycles. The zero-order valence-corrected chi connectivity index (χ0v) is 16.1. The molecule has 2 N–H and O–H groups in total. The fourth-order valence-electron chi connectivity index (χ4n) is 3.38. The summed E-state index contributed by atoms with van der Waals surface area (Å²) in [6.45, 7) is 0. The van der Waals surface area contributed by atoms with Crippen molar-refractivity contribution in [1.29, 1.82) is 0 Å². The number of benzene rings is 2. The third kappa shape index (κ3) is 3.59. The molecular formula is C20H16F2N2O5S. The summed E-state index contributed by atoms with van der Waals surface area (Å²) in [7, 11) is -4.14. The van der Waals surface area contributed by atoms with Crippen LogP contribution in [0.15, 0.2) is 70.1 Å². The van der Waals surface area contributed by atoms with Crippen LogP contribution in [0.1, 0.15) is 30.1 Å². The van der Waals surface area contributed by atoms with Crippen LogP contribution in [0.5, 0.6) is 0 Å². The van der Waals surface area contributed by atoms with E-state index in [1.54, 1.807) is 30.3 Å². The molecule has 0 spiro atoms. The Labute approximate surface area is 170 Å². The molecule has 1 aromatic heterocycles. The average Bonchev–Trinajstić information content (AvgIpc) is 3.22. The van der Waals surface area contributed by atoms with Crippen LogP contribution >= 0.6 is 0 Å². The molecule has 30 heavy (non-hydrogen) atoms. The van der Waals surface area contributed by atoms with Crippen LogP contribution in [0, 0.1) is 0 Å². The van der Waals surface area contributed by atoms with Crippen LogP contribution in [0.3, 0.4) is 0 Å². The molecule has 0 saturated heterocycles. The quantitative estimate of drug-likeness (QED) is 0.588. The fourth-order valence-corrected chi connectivity index (χ4v) is 4.78. The minimum absolute atomic E-state index is 0.135. The lowest BCUT2D eigenvalue weighted by Gasteiger charge is -2.15. The number of hydrogen-bond donors (Lipinski definition) is 2. The predicted molar refractivity (Wildman–Crippen MR) is 101 cm³/mol. The van der Waals surface area contributed by atoms with Gasteiger partial charge in [0.15, 0.2) is 0 Å². The average molecular weight is 434 g/mol. The van der Waals surface area contributed by atoms with Gasteiger partial charge in [0.05, 0.1) is 4.90 Å². The van der Waals surface area contributed by atoms with Crippen molar-refractivity contribution in [1.82, 2.24) is 9.88 Å². The van der Waals surface area contributed by atoms with Crippen LogP contribution in [0.2, 0.25) is 0 Å². The van der Waals surface area contributed by atoms with Crippen LogP contribution < -0.4 is 4.72 Å². The number of carboxylic acids is 1. The van der Waals surface area contributed by atoms with Crippen molar-refractivity contribution in [2.45, 2.75) is 29.2 Å². The third-order valence-corrected chi connectivity index (χ3v) is 6.59. The highest BCUT2D eigenvalue weighted by molar-refractivity contribution is 7.89. The van der Waals surface area contributed by atoms with E-state index in [9.17, 15) is 27.1 Å². The first kappa shape index (κ1) is 20.2. The Kier molecular flexibility index (Phi) is 4.91. The summed E-state index contributed by atoms with van der Waals surface area (Å²) in [5.74, 6) is -2.32. The lowest BCUT2D eigenvalue weighted by Crippen LogP contribution is -2.44. The number of aliphatic carboxylic acids is 1. The van der Waals surface area contributed by atoms with Crippen molar-refractivity contribution in [2.24, 2.45) is 0 Å². The first-order valence-corrected chi connectivity index (χ1v) is 10.4. The van der Waals surface area contributed by atoms with Crippen molar-refractivity contribution in [3.05, 3.63) is 72.0 Å². The van der Waals surface area contributed by atoms with E-state index in [0.29, 0.717) is 5.56 Å². The molecule has 3 aromatic rings. The highest BCUT2D eigenvalue weighted by Gasteiger charge is 2.63. The molecule has 156 valence electrons. The maximum atomic E-state index is 12.8. The van der Waals surface area contributed by atoms with Gasteiger partial charge in [0.25, 0.3) is 6.43 Å². The highest BCUT2D eigenvalue weighted by Crippen LogP contribution is 2.52. The van der Waals surface area contributed by atoms with E-state index in [0.717, 1.165) is 11.6 Å². The Morgan fingerprint density at radius 2 is 1.83 bits per heavy atom. The maximum Gasteiger partial charge on any atom is 0.325 e. The van der Waals surface area contributed by atoms with Crippen LogP contribution in [0.25, 0.3) is 11.3 Å². The van der Waals surface area contributed by atoms with Crippen LogP contribution in [0.4, 0.5) is 8.78 Å². The Morgan fingerprint density at radius 3 is 2.40 bits per heavy atom. The van der Waals surface area contributed by atoms with Gasteiger partial charge in [-0.3, -0.25) is 4.79 Å². The van der Waals surface area contributed by atoms with Gasteiger partial charge in [0.2, 0.25) is 15.8 Å². The zero-order chi connectivity index (χ0) is 21.5. The second-order valence-corrected chi connectivity index (χ2v) is 8.67. The third-order valence-electron chi connectivity index (χ3n) is 5.06. The van der Waals surface area contributed by atoms with E-state index in [1.807, 2.05) is 0 Å². The molecule has 0 unspecified atom stereocenters. The molecule has 10 heteroatoms. The molecule has 0 radical (unpaired) electrons. The molecular weight excluding hydrogens is 418 g/mol. The van der Waals surface area contributed by atoms with Gasteiger partial charge in [-0.1, -0.05) is 47.6 Å². The number of carbonyl (C=O) groups is 1. The van der Waals surface area contributed by atoms with Crippen molar-refractivity contribution < 1.29 is 31.6 Å². The summed E-state index contributed by atoms with van der Waals surface area (Å²) in [5.41, 5.74) is -0.363. The van der Waals surface area contributed by atoms with Gasteiger partial charge in [-0.05, 0) is 24.1 Å². The lowest BCUT2D eigenvalue weighted by atomic mass is 10.1. The fraction of sp³-hybridized carbons (Fsp3) is 0.200. The van der Waals surface area contributed by atoms with Crippen molar-refractivity contribution in [3.63, 3.8) is 0 Å². The molecule has 1 aliphatic rings. The van der Waals surface area contributed by atoms with Gasteiger partial charge in [-0.2, -0.15) is 4.72 Å². The summed E-state index contributed by atoms with van der Waals surface area (Å²) < 4.78 is 57.7. The summed E-state index contributed by atoms with van der Waals surface area (Å²) in [4.78, 5) is 11.7. The zero-order valence-electron chi connectivity index (χ0n) is 15.3. The van der Waals surface area contributed by atoms with E-state index in [2.05, 4.69) is 14.4 Å². The van der Waals surface area contributed by atoms with Gasteiger partial charge >= 0.3 is 5.97 Å². The topological polar surface area (TPSA) is 110 Å². The number of halogens is 2. The van der Waals surface area contributed by atoms with Crippen molar-refractivity contribution in [3.8, 4) is 11.3 Å². The minimum atomic E-state index is -4.14. The Balaban J connectivity index is 1.56. The van der Waals surface area contributed by atoms with E-state index in [-0.39, 0.29) is 17.0 Å². The molecule has 1 aliphatic carbocycles. The highest BCUT2D eigenvalue weighted by atomic mass is 32.2. The second-order valence-electron chi connectivity index (χ2n) is 6.99. The van der Waals surface area contributed by atoms with E-state index in [1.165, 1.54) is 24.3 Å². The number of alkyl halides is 2. The number of nitrogens with zero attached hydrogens (tertiary/aromatic N) is 1. The minimum Gasteiger partial charge on any atom is -0.480 e. The number of hydrogen-bond acceptors (Lipinski definition) is 5. The SMILES string of the molecule is O=C(O)[C@]1(NS(=O)(=O)c2ccc(-c3cc(C(F)F)on3)cc2)C[C@H]1c1ccccc1. The summed E-state index contributed by atoms with van der Waals surface area (Å²) in [5, 5.41) is 13.2. The molecule has 0 aliphatic heterocycles. The first-order valence-electron chi connectivity index (χ1n) is 8.90. The van der Waals surface area contributed by atoms with Crippen molar-refractivity contribution in [2.75, 3.05) is 0 Å². The Hall–Kier alpha value is -3.11. The van der Waals surface area contributed by atoms with Gasteiger partial charge in [0.1, 0.15) is 11.2 Å². The Morgan fingerprint density at radius 1 is 1.17 bits per heavy atom. The van der Waals surface area contributed by atoms with Gasteiger partial charge < -0.3 is 9.63 Å². The number of nitrogens with one attached hydrogen (secondary N) is 1. The number of rotatable bonds is 7. The molecule has 2 atom stereocenters. The number of aromatic nitrogens is 1. The normalized spacial score (nSPS) is 21.0. The van der Waals surface area contributed by atoms with Gasteiger partial charge in [-0.25, -0.2) is 17.2 Å². The monoisotopic (exact) mass is 434 g/mol. The van der Waals surface area contributed by atoms with Gasteiger partial charge in [-0.15, -0.1) is 0 Å². The molecule has 1 saturated carbocycles. The van der Waals surface area contributed by atoms with Crippen LogP contribution in [-0.2, 0) is 14.8 Å². The number of sulfonamides is 1. The molecule has 0 amide bonds. The molecule has 7 nitrogen and oxygen atoms in total. The lowest BCUT2D eigenvalue weighted by molar-refractivity contribution is -0.140. The number of carboxylic acid groups (broad SMARTS) is 1. The standard InChI is InChI=1S/C20H16F2N2O5S/c21-18(22)17-10-16(23-29-17)13-6-8-14(9-7-13)30(27,28)24-20(19(25)26)11-15(20)12-4-2-1-3-5-12/h1-10,15,18,24H,11H2,(H,25,26)/t15-,20-/m0/s1. The summed E-state index contributed by atoms with van der Waals surface area (Å²) >= 11 is 0. The largest absolute Gasteiger partial charge is 0.480 e. The molecule has 0 bridgehead atoms. The van der Waals surface area contributed by atoms with E-state index >= 15 is 0 Å².